The zero-order chi connectivity index (χ0) is 35.9. The summed E-state index contributed by atoms with van der Waals surface area (Å²) in [6, 6.07) is 64.5. The average Bonchev–Trinajstić information content (AvgIpc) is 3.52. The fourth-order valence-electron chi connectivity index (χ4n) is 9.48. The minimum absolute atomic E-state index is 0.118. The van der Waals surface area contributed by atoms with Crippen LogP contribution in [0.15, 0.2) is 188 Å². The van der Waals surface area contributed by atoms with Crippen LogP contribution in [0.2, 0.25) is 0 Å². The summed E-state index contributed by atoms with van der Waals surface area (Å²) in [5, 5.41) is 0. The van der Waals surface area contributed by atoms with Gasteiger partial charge in [-0.15, -0.1) is 0 Å². The second kappa shape index (κ2) is 13.6. The van der Waals surface area contributed by atoms with E-state index in [0.29, 0.717) is 11.8 Å². The second-order valence-corrected chi connectivity index (χ2v) is 15.0. The molecule has 1 fully saturated rings. The van der Waals surface area contributed by atoms with Gasteiger partial charge in [-0.3, -0.25) is 0 Å². The highest BCUT2D eigenvalue weighted by atomic mass is 15.1. The zero-order valence-corrected chi connectivity index (χ0v) is 30.7. The number of hydrogen-bond donors (Lipinski definition) is 0. The van der Waals surface area contributed by atoms with Crippen molar-refractivity contribution < 1.29 is 0 Å². The van der Waals surface area contributed by atoms with Crippen molar-refractivity contribution >= 4 is 17.1 Å². The minimum Gasteiger partial charge on any atom is -0.310 e. The molecule has 3 unspecified atom stereocenters. The Bertz CT molecular complexity index is 2320. The Morgan fingerprint density at radius 2 is 1.02 bits per heavy atom. The Balaban J connectivity index is 1.13. The summed E-state index contributed by atoms with van der Waals surface area (Å²) in [5.41, 5.74) is 17.5. The molecule has 0 saturated heterocycles. The Kier molecular flexibility index (Phi) is 8.43. The van der Waals surface area contributed by atoms with Gasteiger partial charge in [0.15, 0.2) is 0 Å². The van der Waals surface area contributed by atoms with Crippen molar-refractivity contribution in [1.29, 1.82) is 0 Å². The van der Waals surface area contributed by atoms with Gasteiger partial charge >= 0.3 is 0 Å². The fraction of sp³-hybridized carbons (Fsp3) is 0.154. The molecule has 1 nitrogen and oxygen atoms in total. The van der Waals surface area contributed by atoms with E-state index in [0.717, 1.165) is 23.5 Å². The van der Waals surface area contributed by atoms with Gasteiger partial charge in [-0.25, -0.2) is 0 Å². The third-order valence-electron chi connectivity index (χ3n) is 12.1. The van der Waals surface area contributed by atoms with Gasteiger partial charge in [0.25, 0.3) is 0 Å². The van der Waals surface area contributed by atoms with Gasteiger partial charge in [0.1, 0.15) is 0 Å². The monoisotopic (exact) mass is 683 g/mol. The number of rotatable bonds is 7. The predicted octanol–water partition coefficient (Wildman–Crippen LogP) is 14.4. The van der Waals surface area contributed by atoms with Crippen molar-refractivity contribution in [3.8, 4) is 44.5 Å². The SMILES string of the molecule is C=C1CC(CC)CC(C)C12c1ccccc1-c1cc(-c3cccc(N(c4ccc(-c5ccccc5)cc4)c4ccc(-c5ccccc5)cc4)c3)ccc12. The molecule has 258 valence electrons. The van der Waals surface area contributed by atoms with Crippen LogP contribution < -0.4 is 4.90 Å². The lowest BCUT2D eigenvalue weighted by Gasteiger charge is -2.46. The minimum atomic E-state index is -0.118. The first-order valence-corrected chi connectivity index (χ1v) is 19.2. The Morgan fingerprint density at radius 3 is 1.62 bits per heavy atom. The summed E-state index contributed by atoms with van der Waals surface area (Å²) < 4.78 is 0. The maximum absolute atomic E-state index is 4.80. The number of fused-ring (bicyclic) bond motifs is 5. The summed E-state index contributed by atoms with van der Waals surface area (Å²) in [7, 11) is 0. The van der Waals surface area contributed by atoms with E-state index in [9.17, 15) is 0 Å². The molecule has 7 aromatic rings. The van der Waals surface area contributed by atoms with Crippen molar-refractivity contribution in [2.75, 3.05) is 4.90 Å². The lowest BCUT2D eigenvalue weighted by molar-refractivity contribution is 0.248. The third kappa shape index (κ3) is 5.63. The fourth-order valence-corrected chi connectivity index (χ4v) is 9.48. The number of nitrogens with zero attached hydrogens (tertiary/aromatic N) is 1. The molecule has 0 radical (unpaired) electrons. The molecule has 1 spiro atoms. The van der Waals surface area contributed by atoms with Crippen LogP contribution >= 0.6 is 0 Å². The third-order valence-corrected chi connectivity index (χ3v) is 12.1. The molecule has 3 atom stereocenters. The maximum Gasteiger partial charge on any atom is 0.0467 e. The highest BCUT2D eigenvalue weighted by Gasteiger charge is 2.51. The summed E-state index contributed by atoms with van der Waals surface area (Å²) >= 11 is 0. The first-order chi connectivity index (χ1) is 26.0. The predicted molar refractivity (Wildman–Crippen MR) is 225 cm³/mol. The van der Waals surface area contributed by atoms with E-state index >= 15 is 0 Å². The molecule has 9 rings (SSSR count). The number of hydrogen-bond acceptors (Lipinski definition) is 1. The van der Waals surface area contributed by atoms with Crippen LogP contribution in [0.5, 0.6) is 0 Å². The molecule has 0 N–H and O–H groups in total. The highest BCUT2D eigenvalue weighted by molar-refractivity contribution is 5.88. The molecule has 1 saturated carbocycles. The standard InChI is InChI=1S/C52H45N/c1-4-38-32-36(2)52(37(3)33-38)50-21-12-11-20-48(50)49-35-44(26-31-51(49)52)43-18-13-19-47(34-43)53(45-27-22-41(23-28-45)39-14-7-5-8-15-39)46-29-24-42(25-30-46)40-16-9-6-10-17-40/h5-31,34-35,37-38H,2,4,32-33H2,1,3H3. The van der Waals surface area contributed by atoms with E-state index in [4.69, 9.17) is 6.58 Å². The molecular formula is C52H45N. The Hall–Kier alpha value is -5.92. The number of benzene rings is 7. The highest BCUT2D eigenvalue weighted by Crippen LogP contribution is 2.61. The lowest BCUT2D eigenvalue weighted by Crippen LogP contribution is -2.40. The summed E-state index contributed by atoms with van der Waals surface area (Å²) in [6.07, 6.45) is 3.56. The number of allylic oxidation sites excluding steroid dienone is 1. The zero-order valence-electron chi connectivity index (χ0n) is 30.7. The molecule has 0 amide bonds. The van der Waals surface area contributed by atoms with Gasteiger partial charge in [-0.05, 0) is 123 Å². The van der Waals surface area contributed by atoms with E-state index in [2.05, 4.69) is 195 Å². The van der Waals surface area contributed by atoms with E-state index in [1.807, 2.05) is 0 Å². The summed E-state index contributed by atoms with van der Waals surface area (Å²) in [5.74, 6) is 1.22. The van der Waals surface area contributed by atoms with Crippen molar-refractivity contribution in [3.63, 3.8) is 0 Å². The molecular weight excluding hydrogens is 639 g/mol. The lowest BCUT2D eigenvalue weighted by atomic mass is 9.57. The van der Waals surface area contributed by atoms with Gasteiger partial charge in [-0.1, -0.05) is 166 Å². The van der Waals surface area contributed by atoms with E-state index in [1.54, 1.807) is 0 Å². The van der Waals surface area contributed by atoms with Gasteiger partial charge in [0.05, 0.1) is 0 Å². The quantitative estimate of drug-likeness (QED) is 0.151. The molecule has 0 heterocycles. The van der Waals surface area contributed by atoms with Crippen LogP contribution in [0, 0.1) is 11.8 Å². The smallest absolute Gasteiger partial charge is 0.0467 e. The molecule has 2 aliphatic carbocycles. The van der Waals surface area contributed by atoms with Crippen LogP contribution in [0.3, 0.4) is 0 Å². The van der Waals surface area contributed by atoms with Gasteiger partial charge in [0.2, 0.25) is 0 Å². The molecule has 0 bridgehead atoms. The Morgan fingerprint density at radius 1 is 0.509 bits per heavy atom. The number of anilines is 3. The molecule has 1 heteroatoms. The van der Waals surface area contributed by atoms with Crippen LogP contribution in [-0.2, 0) is 5.41 Å². The molecule has 53 heavy (non-hydrogen) atoms. The van der Waals surface area contributed by atoms with E-state index in [-0.39, 0.29) is 5.41 Å². The summed E-state index contributed by atoms with van der Waals surface area (Å²) in [4.78, 5) is 2.38. The van der Waals surface area contributed by atoms with Crippen molar-refractivity contribution in [2.45, 2.75) is 38.5 Å². The first kappa shape index (κ1) is 33.0. The maximum atomic E-state index is 4.80. The summed E-state index contributed by atoms with van der Waals surface area (Å²) in [6.45, 7) is 9.60. The Labute approximate surface area is 314 Å². The van der Waals surface area contributed by atoms with Crippen LogP contribution in [0.25, 0.3) is 44.5 Å². The average molecular weight is 684 g/mol. The van der Waals surface area contributed by atoms with Crippen molar-refractivity contribution in [3.05, 3.63) is 199 Å². The van der Waals surface area contributed by atoms with Crippen LogP contribution in [0.4, 0.5) is 17.1 Å². The van der Waals surface area contributed by atoms with Crippen LogP contribution in [-0.4, -0.2) is 0 Å². The van der Waals surface area contributed by atoms with Crippen molar-refractivity contribution in [1.82, 2.24) is 0 Å². The van der Waals surface area contributed by atoms with Crippen LogP contribution in [0.1, 0.15) is 44.2 Å². The van der Waals surface area contributed by atoms with Gasteiger partial charge < -0.3 is 4.90 Å². The first-order valence-electron chi connectivity index (χ1n) is 19.2. The molecule has 2 aliphatic rings. The van der Waals surface area contributed by atoms with E-state index < -0.39 is 0 Å². The van der Waals surface area contributed by atoms with E-state index in [1.165, 1.54) is 74.0 Å². The second-order valence-electron chi connectivity index (χ2n) is 15.0. The van der Waals surface area contributed by atoms with Gasteiger partial charge in [-0.2, -0.15) is 0 Å². The molecule has 0 aliphatic heterocycles. The van der Waals surface area contributed by atoms with Crippen molar-refractivity contribution in [2.24, 2.45) is 11.8 Å². The topological polar surface area (TPSA) is 3.24 Å². The molecule has 7 aromatic carbocycles. The normalized spacial score (nSPS) is 18.8. The van der Waals surface area contributed by atoms with Gasteiger partial charge in [0, 0.05) is 22.5 Å². The molecule has 0 aromatic heterocycles. The largest absolute Gasteiger partial charge is 0.310 e.